The number of rotatable bonds is 3. The van der Waals surface area contributed by atoms with Crippen molar-refractivity contribution in [3.8, 4) is 11.3 Å². The third-order valence-corrected chi connectivity index (χ3v) is 6.62. The molecule has 0 radical (unpaired) electrons. The maximum absolute atomic E-state index is 11.9. The molecule has 8 nitrogen and oxygen atoms in total. The highest BCUT2D eigenvalue weighted by Crippen LogP contribution is 2.36. The lowest BCUT2D eigenvalue weighted by Gasteiger charge is -2.18. The average molecular weight is 362 g/mol. The Hall–Kier alpha value is -2.26. The molecule has 1 unspecified atom stereocenters. The van der Waals surface area contributed by atoms with Gasteiger partial charge in [-0.2, -0.15) is 5.10 Å². The van der Waals surface area contributed by atoms with Gasteiger partial charge in [-0.05, 0) is 12.5 Å². The molecule has 2 aromatic rings. The molecule has 0 amide bonds. The minimum Gasteiger partial charge on any atom is -0.312 e. The normalized spacial score (nSPS) is 21.8. The second-order valence-corrected chi connectivity index (χ2v) is 8.71. The zero-order valence-electron chi connectivity index (χ0n) is 13.5. The monoisotopic (exact) mass is 362 g/mol. The predicted octanol–water partition coefficient (Wildman–Crippen LogP) is 1.46. The first-order chi connectivity index (χ1) is 12.0. The van der Waals surface area contributed by atoms with Crippen molar-refractivity contribution in [2.45, 2.75) is 25.4 Å². The number of nitro benzene ring substituents is 1. The highest BCUT2D eigenvalue weighted by Gasteiger charge is 2.34. The molecule has 1 saturated heterocycles. The van der Waals surface area contributed by atoms with Crippen molar-refractivity contribution in [3.05, 3.63) is 45.6 Å². The van der Waals surface area contributed by atoms with Crippen molar-refractivity contribution >= 4 is 15.5 Å². The summed E-state index contributed by atoms with van der Waals surface area (Å²) in [6.45, 7) is 1.37. The molecule has 1 N–H and O–H groups in total. The summed E-state index contributed by atoms with van der Waals surface area (Å²) in [7, 11) is -3.03. The number of fused-ring (bicyclic) bond motifs is 1. The molecule has 1 fully saturated rings. The molecule has 0 aliphatic carbocycles. The van der Waals surface area contributed by atoms with Crippen molar-refractivity contribution in [1.82, 2.24) is 15.1 Å². The van der Waals surface area contributed by atoms with Crippen molar-refractivity contribution < 1.29 is 13.3 Å². The van der Waals surface area contributed by atoms with Gasteiger partial charge in [-0.15, -0.1) is 0 Å². The fourth-order valence-electron chi connectivity index (χ4n) is 3.69. The predicted molar refractivity (Wildman–Crippen MR) is 92.0 cm³/mol. The molecule has 1 atom stereocenters. The number of para-hydroxylation sites is 1. The van der Waals surface area contributed by atoms with Crippen LogP contribution in [0.2, 0.25) is 0 Å². The molecule has 2 aliphatic rings. The number of nitrogens with zero attached hydrogens (tertiary/aromatic N) is 3. The largest absolute Gasteiger partial charge is 0.312 e. The van der Waals surface area contributed by atoms with E-state index >= 15 is 0 Å². The van der Waals surface area contributed by atoms with E-state index in [0.29, 0.717) is 24.2 Å². The Balaban J connectivity index is 1.86. The van der Waals surface area contributed by atoms with Crippen molar-refractivity contribution in [1.29, 1.82) is 0 Å². The highest BCUT2D eigenvalue weighted by molar-refractivity contribution is 7.91. The Kier molecular flexibility index (Phi) is 3.84. The lowest BCUT2D eigenvalue weighted by Crippen LogP contribution is -2.26. The Morgan fingerprint density at radius 3 is 2.84 bits per heavy atom. The third kappa shape index (κ3) is 2.83. The van der Waals surface area contributed by atoms with Gasteiger partial charge in [0.05, 0.1) is 28.0 Å². The van der Waals surface area contributed by atoms with Crippen LogP contribution < -0.4 is 5.32 Å². The van der Waals surface area contributed by atoms with Gasteiger partial charge < -0.3 is 5.32 Å². The Morgan fingerprint density at radius 1 is 1.32 bits per heavy atom. The van der Waals surface area contributed by atoms with E-state index in [1.165, 1.54) is 6.07 Å². The molecule has 25 heavy (non-hydrogen) atoms. The SMILES string of the molecule is O=[N+]([O-])c1ccccc1-c1nn(C2CCS(=O)(=O)C2)c2c1CNCC2. The first kappa shape index (κ1) is 16.2. The number of nitro groups is 1. The number of aromatic nitrogens is 2. The highest BCUT2D eigenvalue weighted by atomic mass is 32.2. The van der Waals surface area contributed by atoms with Gasteiger partial charge in [0, 0.05) is 36.8 Å². The topological polar surface area (TPSA) is 107 Å². The van der Waals surface area contributed by atoms with E-state index in [-0.39, 0.29) is 23.2 Å². The molecular weight excluding hydrogens is 344 g/mol. The molecule has 0 saturated carbocycles. The molecule has 132 valence electrons. The summed E-state index contributed by atoms with van der Waals surface area (Å²) in [6.07, 6.45) is 1.28. The van der Waals surface area contributed by atoms with Gasteiger partial charge in [0.25, 0.3) is 5.69 Å². The molecule has 2 aliphatic heterocycles. The van der Waals surface area contributed by atoms with E-state index in [0.717, 1.165) is 24.2 Å². The van der Waals surface area contributed by atoms with Crippen LogP contribution >= 0.6 is 0 Å². The van der Waals surface area contributed by atoms with E-state index < -0.39 is 14.8 Å². The summed E-state index contributed by atoms with van der Waals surface area (Å²) >= 11 is 0. The van der Waals surface area contributed by atoms with Crippen LogP contribution in [0.25, 0.3) is 11.3 Å². The molecule has 9 heteroatoms. The van der Waals surface area contributed by atoms with Crippen LogP contribution in [0, 0.1) is 10.1 Å². The summed E-state index contributed by atoms with van der Waals surface area (Å²) < 4.78 is 25.5. The Labute approximate surface area is 144 Å². The van der Waals surface area contributed by atoms with Crippen LogP contribution in [0.4, 0.5) is 5.69 Å². The molecule has 0 bridgehead atoms. The summed E-state index contributed by atoms with van der Waals surface area (Å²) in [5.74, 6) is 0.260. The number of hydrogen-bond donors (Lipinski definition) is 1. The van der Waals surface area contributed by atoms with Gasteiger partial charge in [0.2, 0.25) is 0 Å². The number of benzene rings is 1. The van der Waals surface area contributed by atoms with Crippen LogP contribution in [0.15, 0.2) is 24.3 Å². The number of hydrogen-bond acceptors (Lipinski definition) is 6. The van der Waals surface area contributed by atoms with Crippen molar-refractivity contribution in [3.63, 3.8) is 0 Å². The van der Waals surface area contributed by atoms with Gasteiger partial charge in [-0.3, -0.25) is 14.8 Å². The van der Waals surface area contributed by atoms with Crippen LogP contribution in [0.5, 0.6) is 0 Å². The zero-order valence-corrected chi connectivity index (χ0v) is 14.3. The summed E-state index contributed by atoms with van der Waals surface area (Å²) in [6, 6.07) is 6.37. The first-order valence-corrected chi connectivity index (χ1v) is 10.0. The smallest absolute Gasteiger partial charge is 0.278 e. The summed E-state index contributed by atoms with van der Waals surface area (Å²) in [5, 5.41) is 19.3. The van der Waals surface area contributed by atoms with E-state index in [1.807, 2.05) is 4.68 Å². The maximum Gasteiger partial charge on any atom is 0.278 e. The third-order valence-electron chi connectivity index (χ3n) is 4.87. The summed E-state index contributed by atoms with van der Waals surface area (Å²) in [4.78, 5) is 11.0. The standard InChI is InChI=1S/C16H18N4O4S/c21-20(22)15-4-2-1-3-12(15)16-13-9-17-7-5-14(13)19(18-16)11-6-8-25(23,24)10-11/h1-4,11,17H,5-10H2. The molecular formula is C16H18N4O4S. The van der Waals surface area contributed by atoms with Crippen molar-refractivity contribution in [2.24, 2.45) is 0 Å². The Morgan fingerprint density at radius 2 is 2.12 bits per heavy atom. The minimum absolute atomic E-state index is 0.0135. The van der Waals surface area contributed by atoms with Crippen molar-refractivity contribution in [2.75, 3.05) is 18.1 Å². The fraction of sp³-hybridized carbons (Fsp3) is 0.438. The van der Waals surface area contributed by atoms with E-state index in [9.17, 15) is 18.5 Å². The van der Waals surface area contributed by atoms with E-state index in [4.69, 9.17) is 0 Å². The fourth-order valence-corrected chi connectivity index (χ4v) is 5.39. The maximum atomic E-state index is 11.9. The van der Waals surface area contributed by atoms with Crippen LogP contribution in [0.3, 0.4) is 0 Å². The second kappa shape index (κ2) is 5.92. The minimum atomic E-state index is -3.03. The van der Waals surface area contributed by atoms with Gasteiger partial charge in [0.1, 0.15) is 5.69 Å². The van der Waals surface area contributed by atoms with Gasteiger partial charge in [0.15, 0.2) is 9.84 Å². The van der Waals surface area contributed by atoms with Crippen LogP contribution in [-0.4, -0.2) is 41.2 Å². The van der Waals surface area contributed by atoms with Gasteiger partial charge >= 0.3 is 0 Å². The molecule has 3 heterocycles. The lowest BCUT2D eigenvalue weighted by atomic mass is 10.0. The molecule has 1 aromatic heterocycles. The van der Waals surface area contributed by atoms with Gasteiger partial charge in [-0.25, -0.2) is 8.42 Å². The van der Waals surface area contributed by atoms with Crippen LogP contribution in [0.1, 0.15) is 23.7 Å². The zero-order chi connectivity index (χ0) is 17.6. The Bertz CT molecular complexity index is 951. The molecule has 4 rings (SSSR count). The van der Waals surface area contributed by atoms with E-state index in [1.54, 1.807) is 18.2 Å². The molecule has 1 aromatic carbocycles. The lowest BCUT2D eigenvalue weighted by molar-refractivity contribution is -0.384. The average Bonchev–Trinajstić information content (AvgIpc) is 3.15. The molecule has 0 spiro atoms. The second-order valence-electron chi connectivity index (χ2n) is 6.48. The quantitative estimate of drug-likeness (QED) is 0.654. The summed E-state index contributed by atoms with van der Waals surface area (Å²) in [5.41, 5.74) is 3.00. The number of nitrogens with one attached hydrogen (secondary N) is 1. The van der Waals surface area contributed by atoms with E-state index in [2.05, 4.69) is 10.4 Å². The number of sulfone groups is 1. The first-order valence-electron chi connectivity index (χ1n) is 8.21. The van der Waals surface area contributed by atoms with Crippen LogP contribution in [-0.2, 0) is 22.8 Å². The van der Waals surface area contributed by atoms with Gasteiger partial charge in [-0.1, -0.05) is 12.1 Å².